The topological polar surface area (TPSA) is 97.0 Å². The average molecular weight is 539 g/mol. The molecule has 2 aliphatic rings. The standard InChI is InChI=1S/C29H36F2N6O2/c1-5-29(3)12-6-7-17(2)13-22(26(29)31)37(19-9-10-19)24-15-32-27(35-34-24)20-11-8-18(14-23(20)38)25-21(30)16-36(4)28(39)33-25/h8,11,14-17,19,22,26,38H,5-7,9-10,12-13H2,1-4H3/t17?,22-,26-,29+/m0/s1. The maximum Gasteiger partial charge on any atom is 0.348 e. The van der Waals surface area contributed by atoms with Crippen molar-refractivity contribution in [2.24, 2.45) is 18.4 Å². The van der Waals surface area contributed by atoms with Crippen LogP contribution in [-0.4, -0.2) is 48.1 Å². The number of anilines is 1. The number of phenolic OH excluding ortho intramolecular Hbond substituents is 1. The molecule has 4 atom stereocenters. The van der Waals surface area contributed by atoms with Gasteiger partial charge in [0.05, 0.1) is 17.8 Å². The van der Waals surface area contributed by atoms with E-state index in [1.165, 1.54) is 13.1 Å². The molecule has 2 aromatic heterocycles. The van der Waals surface area contributed by atoms with Crippen LogP contribution in [0.3, 0.4) is 0 Å². The Morgan fingerprint density at radius 3 is 2.64 bits per heavy atom. The van der Waals surface area contributed by atoms with Gasteiger partial charge in [-0.25, -0.2) is 18.6 Å². The van der Waals surface area contributed by atoms with E-state index in [0.717, 1.165) is 55.7 Å². The molecule has 2 saturated carbocycles. The van der Waals surface area contributed by atoms with Crippen molar-refractivity contribution in [1.82, 2.24) is 24.7 Å². The first-order valence-corrected chi connectivity index (χ1v) is 13.8. The lowest BCUT2D eigenvalue weighted by atomic mass is 9.71. The highest BCUT2D eigenvalue weighted by Gasteiger charge is 2.46. The maximum absolute atomic E-state index is 16.3. The number of hydrogen-bond donors (Lipinski definition) is 1. The molecular weight excluding hydrogens is 502 g/mol. The van der Waals surface area contributed by atoms with Crippen LogP contribution in [-0.2, 0) is 7.05 Å². The Morgan fingerprint density at radius 1 is 1.23 bits per heavy atom. The number of aromatic nitrogens is 5. The van der Waals surface area contributed by atoms with Gasteiger partial charge in [-0.15, -0.1) is 10.2 Å². The number of aromatic hydroxyl groups is 1. The fourth-order valence-corrected chi connectivity index (χ4v) is 5.81. The van der Waals surface area contributed by atoms with Gasteiger partial charge < -0.3 is 10.0 Å². The van der Waals surface area contributed by atoms with Crippen LogP contribution >= 0.6 is 0 Å². The molecular formula is C29H36F2N6O2. The third-order valence-electron chi connectivity index (χ3n) is 8.57. The lowest BCUT2D eigenvalue weighted by Gasteiger charge is -2.45. The molecule has 5 rings (SSSR count). The number of nitrogens with zero attached hydrogens (tertiary/aromatic N) is 6. The minimum absolute atomic E-state index is 0.150. The van der Waals surface area contributed by atoms with Crippen LogP contribution in [0.4, 0.5) is 14.6 Å². The highest BCUT2D eigenvalue weighted by molar-refractivity contribution is 5.71. The first-order chi connectivity index (χ1) is 18.6. The molecule has 0 saturated heterocycles. The zero-order valence-electron chi connectivity index (χ0n) is 22.9. The summed E-state index contributed by atoms with van der Waals surface area (Å²) in [6.07, 6.45) is 8.19. The summed E-state index contributed by atoms with van der Waals surface area (Å²) < 4.78 is 31.8. The summed E-state index contributed by atoms with van der Waals surface area (Å²) >= 11 is 0. The molecule has 10 heteroatoms. The Bertz CT molecular complexity index is 1390. The second-order valence-corrected chi connectivity index (χ2v) is 11.6. The molecule has 2 heterocycles. The van der Waals surface area contributed by atoms with E-state index in [0.29, 0.717) is 17.3 Å². The van der Waals surface area contributed by atoms with E-state index in [1.807, 2.05) is 0 Å². The molecule has 8 nitrogen and oxygen atoms in total. The second-order valence-electron chi connectivity index (χ2n) is 11.6. The van der Waals surface area contributed by atoms with Crippen LogP contribution in [0.2, 0.25) is 0 Å². The van der Waals surface area contributed by atoms with Crippen molar-refractivity contribution in [2.45, 2.75) is 84.0 Å². The lowest BCUT2D eigenvalue weighted by Crippen LogP contribution is -2.51. The number of phenols is 1. The fraction of sp³-hybridized carbons (Fsp3) is 0.552. The zero-order valence-corrected chi connectivity index (χ0v) is 22.9. The number of hydrogen-bond acceptors (Lipinski definition) is 7. The van der Waals surface area contributed by atoms with Crippen LogP contribution in [0.25, 0.3) is 22.6 Å². The van der Waals surface area contributed by atoms with Gasteiger partial charge in [0.1, 0.15) is 17.6 Å². The lowest BCUT2D eigenvalue weighted by molar-refractivity contribution is 0.0577. The van der Waals surface area contributed by atoms with Crippen molar-refractivity contribution in [2.75, 3.05) is 4.90 Å². The summed E-state index contributed by atoms with van der Waals surface area (Å²) in [7, 11) is 1.41. The summed E-state index contributed by atoms with van der Waals surface area (Å²) in [5.74, 6) is 0.274. The number of benzene rings is 1. The predicted molar refractivity (Wildman–Crippen MR) is 146 cm³/mol. The van der Waals surface area contributed by atoms with E-state index in [1.54, 1.807) is 18.3 Å². The Kier molecular flexibility index (Phi) is 7.39. The van der Waals surface area contributed by atoms with E-state index in [-0.39, 0.29) is 40.3 Å². The van der Waals surface area contributed by atoms with Crippen molar-refractivity contribution in [3.8, 4) is 28.4 Å². The third-order valence-corrected chi connectivity index (χ3v) is 8.57. The quantitative estimate of drug-likeness (QED) is 0.446. The van der Waals surface area contributed by atoms with E-state index < -0.39 is 17.7 Å². The first kappa shape index (κ1) is 27.1. The van der Waals surface area contributed by atoms with Gasteiger partial charge in [0, 0.05) is 30.3 Å². The van der Waals surface area contributed by atoms with E-state index in [4.69, 9.17) is 0 Å². The maximum atomic E-state index is 16.3. The van der Waals surface area contributed by atoms with Gasteiger partial charge in [0.15, 0.2) is 17.5 Å². The molecule has 1 N–H and O–H groups in total. The van der Waals surface area contributed by atoms with E-state index in [2.05, 4.69) is 45.8 Å². The van der Waals surface area contributed by atoms with Gasteiger partial charge in [0.25, 0.3) is 0 Å². The third kappa shape index (κ3) is 5.38. The molecule has 3 aromatic rings. The number of aryl methyl sites for hydroxylation is 1. The molecule has 39 heavy (non-hydrogen) atoms. The first-order valence-electron chi connectivity index (χ1n) is 13.8. The number of alkyl halides is 1. The van der Waals surface area contributed by atoms with Crippen molar-refractivity contribution in [3.63, 3.8) is 0 Å². The van der Waals surface area contributed by atoms with Crippen molar-refractivity contribution >= 4 is 5.82 Å². The Balaban J connectivity index is 1.44. The van der Waals surface area contributed by atoms with Crippen LogP contribution in [0.1, 0.15) is 65.7 Å². The summed E-state index contributed by atoms with van der Waals surface area (Å²) in [6.45, 7) is 6.35. The summed E-state index contributed by atoms with van der Waals surface area (Å²) in [5.41, 5.74) is -0.581. The second kappa shape index (κ2) is 10.6. The molecule has 0 spiro atoms. The highest BCUT2D eigenvalue weighted by Crippen LogP contribution is 2.45. The van der Waals surface area contributed by atoms with Gasteiger partial charge >= 0.3 is 5.69 Å². The van der Waals surface area contributed by atoms with Gasteiger partial charge in [-0.1, -0.05) is 39.7 Å². The summed E-state index contributed by atoms with van der Waals surface area (Å²) in [5, 5.41) is 19.5. The summed E-state index contributed by atoms with van der Waals surface area (Å²) in [4.78, 5) is 22.2. The molecule has 0 bridgehead atoms. The van der Waals surface area contributed by atoms with Gasteiger partial charge in [-0.2, -0.15) is 4.98 Å². The van der Waals surface area contributed by atoms with E-state index >= 15 is 4.39 Å². The molecule has 2 aliphatic carbocycles. The average Bonchev–Trinajstić information content (AvgIpc) is 3.75. The fourth-order valence-electron chi connectivity index (χ4n) is 5.81. The van der Waals surface area contributed by atoms with Crippen LogP contribution in [0.5, 0.6) is 5.75 Å². The highest BCUT2D eigenvalue weighted by atomic mass is 19.1. The smallest absolute Gasteiger partial charge is 0.348 e. The monoisotopic (exact) mass is 538 g/mol. The van der Waals surface area contributed by atoms with Crippen LogP contribution in [0.15, 0.2) is 35.4 Å². The zero-order chi connectivity index (χ0) is 27.9. The van der Waals surface area contributed by atoms with E-state index in [9.17, 15) is 14.3 Å². The molecule has 208 valence electrons. The van der Waals surface area contributed by atoms with Crippen molar-refractivity contribution in [1.29, 1.82) is 0 Å². The van der Waals surface area contributed by atoms with Gasteiger partial charge in [0.2, 0.25) is 0 Å². The molecule has 0 amide bonds. The number of halogens is 2. The number of rotatable bonds is 6. The minimum atomic E-state index is -0.993. The van der Waals surface area contributed by atoms with Gasteiger partial charge in [-0.3, -0.25) is 4.57 Å². The molecule has 2 fully saturated rings. The molecule has 0 radical (unpaired) electrons. The SMILES string of the molecule is CC[C@]1(C)CCCC(C)C[C@H](N(c2cnc(-c3ccc(-c4nc(=O)n(C)cc4F)cc3O)nn2)C2CC2)[C@@H]1F. The predicted octanol–water partition coefficient (Wildman–Crippen LogP) is 5.45. The Hall–Kier alpha value is -3.43. The summed E-state index contributed by atoms with van der Waals surface area (Å²) in [6, 6.07) is 4.33. The molecule has 1 unspecified atom stereocenters. The normalized spacial score (nSPS) is 25.6. The van der Waals surface area contributed by atoms with Crippen molar-refractivity contribution < 1.29 is 13.9 Å². The van der Waals surface area contributed by atoms with Crippen LogP contribution in [0, 0.1) is 17.2 Å². The molecule has 1 aromatic carbocycles. The van der Waals surface area contributed by atoms with Crippen molar-refractivity contribution in [3.05, 3.63) is 46.9 Å². The minimum Gasteiger partial charge on any atom is -0.507 e. The van der Waals surface area contributed by atoms with Crippen LogP contribution < -0.4 is 10.6 Å². The van der Waals surface area contributed by atoms with Gasteiger partial charge in [-0.05, 0) is 50.2 Å². The Labute approximate surface area is 227 Å². The largest absolute Gasteiger partial charge is 0.507 e. The Morgan fingerprint density at radius 2 is 2.00 bits per heavy atom. The molecule has 0 aliphatic heterocycles.